The summed E-state index contributed by atoms with van der Waals surface area (Å²) < 4.78 is 9.63. The number of esters is 1. The number of carbonyl (C=O) groups is 2. The third kappa shape index (κ3) is 2.90. The molecule has 19 heavy (non-hydrogen) atoms. The summed E-state index contributed by atoms with van der Waals surface area (Å²) in [6.45, 7) is 1.56. The lowest BCUT2D eigenvalue weighted by atomic mass is 10.1. The summed E-state index contributed by atoms with van der Waals surface area (Å²) in [4.78, 5) is 23.0. The summed E-state index contributed by atoms with van der Waals surface area (Å²) in [5, 5.41) is 7.19. The van der Waals surface area contributed by atoms with Crippen molar-refractivity contribution < 1.29 is 18.8 Å². The van der Waals surface area contributed by atoms with Crippen molar-refractivity contribution in [1.29, 1.82) is 0 Å². The number of fused-ring (bicyclic) bond motifs is 1. The molecule has 0 fully saturated rings. The third-order valence-corrected chi connectivity index (χ3v) is 2.71. The maximum absolute atomic E-state index is 11.8. The van der Waals surface area contributed by atoms with Crippen LogP contribution in [0.15, 0.2) is 28.8 Å². The van der Waals surface area contributed by atoms with E-state index in [4.69, 9.17) is 4.52 Å². The first-order chi connectivity index (χ1) is 9.11. The number of hydrogen-bond acceptors (Lipinski definition) is 5. The van der Waals surface area contributed by atoms with Crippen molar-refractivity contribution in [3.63, 3.8) is 0 Å². The molecule has 0 radical (unpaired) electrons. The van der Waals surface area contributed by atoms with E-state index in [2.05, 4.69) is 15.2 Å². The highest BCUT2D eigenvalue weighted by atomic mass is 16.5. The average Bonchev–Trinajstić information content (AvgIpc) is 2.81. The van der Waals surface area contributed by atoms with Crippen LogP contribution in [0.3, 0.4) is 0 Å². The van der Waals surface area contributed by atoms with E-state index in [1.54, 1.807) is 13.0 Å². The predicted octanol–water partition coefficient (Wildman–Crippen LogP) is 1.05. The van der Waals surface area contributed by atoms with Gasteiger partial charge in [-0.15, -0.1) is 0 Å². The molecule has 100 valence electrons. The molecule has 0 bridgehead atoms. The van der Waals surface area contributed by atoms with Crippen molar-refractivity contribution >= 4 is 22.8 Å². The first kappa shape index (κ1) is 13.1. The van der Waals surface area contributed by atoms with Crippen LogP contribution in [0.2, 0.25) is 0 Å². The number of amides is 1. The lowest BCUT2D eigenvalue weighted by Gasteiger charge is -2.10. The standard InChI is InChI=1S/C13H14N2O4/c1-8(13(17)18-2)14-12(16)7-10-9-5-3-4-6-11(9)19-15-10/h3-6,8H,7H2,1-2H3,(H,14,16). The molecule has 1 unspecified atom stereocenters. The number of hydrogen-bond donors (Lipinski definition) is 1. The van der Waals surface area contributed by atoms with Crippen molar-refractivity contribution in [2.75, 3.05) is 7.11 Å². The molecule has 1 aromatic heterocycles. The highest BCUT2D eigenvalue weighted by Gasteiger charge is 2.18. The lowest BCUT2D eigenvalue weighted by molar-refractivity contribution is -0.144. The van der Waals surface area contributed by atoms with Crippen LogP contribution in [-0.4, -0.2) is 30.2 Å². The van der Waals surface area contributed by atoms with E-state index in [1.807, 2.05) is 18.2 Å². The molecule has 0 saturated heterocycles. The van der Waals surface area contributed by atoms with Crippen LogP contribution in [0.5, 0.6) is 0 Å². The highest BCUT2D eigenvalue weighted by Crippen LogP contribution is 2.17. The van der Waals surface area contributed by atoms with Crippen LogP contribution >= 0.6 is 0 Å². The Hall–Kier alpha value is -2.37. The highest BCUT2D eigenvalue weighted by molar-refractivity contribution is 5.88. The van der Waals surface area contributed by atoms with E-state index in [-0.39, 0.29) is 12.3 Å². The average molecular weight is 262 g/mol. The summed E-state index contributed by atoms with van der Waals surface area (Å²) >= 11 is 0. The van der Waals surface area contributed by atoms with Gasteiger partial charge in [0.1, 0.15) is 11.7 Å². The molecule has 2 aromatic rings. The Labute approximate surface area is 109 Å². The Bertz CT molecular complexity index is 605. The lowest BCUT2D eigenvalue weighted by Crippen LogP contribution is -2.39. The van der Waals surface area contributed by atoms with E-state index >= 15 is 0 Å². The predicted molar refractivity (Wildman–Crippen MR) is 67.3 cm³/mol. The zero-order valence-electron chi connectivity index (χ0n) is 10.7. The van der Waals surface area contributed by atoms with Gasteiger partial charge in [0.05, 0.1) is 13.5 Å². The van der Waals surface area contributed by atoms with Gasteiger partial charge in [0.2, 0.25) is 5.91 Å². The van der Waals surface area contributed by atoms with Crippen molar-refractivity contribution in [3.8, 4) is 0 Å². The quantitative estimate of drug-likeness (QED) is 0.833. The number of rotatable bonds is 4. The second-order valence-electron chi connectivity index (χ2n) is 4.11. The van der Waals surface area contributed by atoms with Gasteiger partial charge < -0.3 is 14.6 Å². The van der Waals surface area contributed by atoms with Gasteiger partial charge in [-0.2, -0.15) is 0 Å². The Morgan fingerprint density at radius 1 is 1.42 bits per heavy atom. The van der Waals surface area contributed by atoms with Crippen LogP contribution < -0.4 is 5.32 Å². The molecular formula is C13H14N2O4. The van der Waals surface area contributed by atoms with Crippen LogP contribution in [0, 0.1) is 0 Å². The molecule has 1 heterocycles. The molecule has 2 rings (SSSR count). The molecule has 1 amide bonds. The van der Waals surface area contributed by atoms with E-state index < -0.39 is 12.0 Å². The van der Waals surface area contributed by atoms with Gasteiger partial charge in [-0.25, -0.2) is 4.79 Å². The number of nitrogens with zero attached hydrogens (tertiary/aromatic N) is 1. The summed E-state index contributed by atoms with van der Waals surface area (Å²) in [6.07, 6.45) is 0.0539. The van der Waals surface area contributed by atoms with Crippen LogP contribution in [0.25, 0.3) is 11.0 Å². The summed E-state index contributed by atoms with van der Waals surface area (Å²) in [5.74, 6) is -0.796. The fourth-order valence-electron chi connectivity index (χ4n) is 1.75. The molecule has 1 N–H and O–H groups in total. The van der Waals surface area contributed by atoms with E-state index in [0.29, 0.717) is 11.3 Å². The molecule has 0 spiro atoms. The number of methoxy groups -OCH3 is 1. The molecule has 1 atom stereocenters. The summed E-state index contributed by atoms with van der Waals surface area (Å²) in [6, 6.07) is 6.60. The fraction of sp³-hybridized carbons (Fsp3) is 0.308. The van der Waals surface area contributed by atoms with Gasteiger partial charge in [-0.3, -0.25) is 4.79 Å². The first-order valence-corrected chi connectivity index (χ1v) is 5.82. The molecule has 0 aliphatic rings. The number of carbonyl (C=O) groups excluding carboxylic acids is 2. The zero-order chi connectivity index (χ0) is 13.8. The van der Waals surface area contributed by atoms with E-state index in [9.17, 15) is 9.59 Å². The Kier molecular flexibility index (Phi) is 3.79. The molecule has 1 aromatic carbocycles. The number of benzene rings is 1. The SMILES string of the molecule is COC(=O)C(C)NC(=O)Cc1noc2ccccc12. The molecule has 0 saturated carbocycles. The molecule has 6 nitrogen and oxygen atoms in total. The van der Waals surface area contributed by atoms with Gasteiger partial charge in [0.25, 0.3) is 0 Å². The van der Waals surface area contributed by atoms with Gasteiger partial charge >= 0.3 is 5.97 Å². The van der Waals surface area contributed by atoms with Crippen molar-refractivity contribution in [3.05, 3.63) is 30.0 Å². The number of nitrogens with one attached hydrogen (secondary N) is 1. The van der Waals surface area contributed by atoms with Crippen LogP contribution in [0.4, 0.5) is 0 Å². The van der Waals surface area contributed by atoms with Crippen LogP contribution in [-0.2, 0) is 20.7 Å². The second kappa shape index (κ2) is 5.51. The Balaban J connectivity index is 2.05. The minimum absolute atomic E-state index is 0.0539. The summed E-state index contributed by atoms with van der Waals surface area (Å²) in [5.41, 5.74) is 1.18. The fourth-order valence-corrected chi connectivity index (χ4v) is 1.75. The van der Waals surface area contributed by atoms with Crippen molar-refractivity contribution in [2.24, 2.45) is 0 Å². The molecule has 0 aliphatic heterocycles. The number of ether oxygens (including phenoxy) is 1. The summed E-state index contributed by atoms with van der Waals surface area (Å²) in [7, 11) is 1.27. The zero-order valence-corrected chi connectivity index (χ0v) is 10.7. The normalized spacial score (nSPS) is 12.1. The third-order valence-electron chi connectivity index (χ3n) is 2.71. The largest absolute Gasteiger partial charge is 0.467 e. The first-order valence-electron chi connectivity index (χ1n) is 5.82. The van der Waals surface area contributed by atoms with E-state index in [0.717, 1.165) is 5.39 Å². The van der Waals surface area contributed by atoms with Gasteiger partial charge in [-0.05, 0) is 19.1 Å². The Morgan fingerprint density at radius 2 is 2.16 bits per heavy atom. The van der Waals surface area contributed by atoms with E-state index in [1.165, 1.54) is 7.11 Å². The monoisotopic (exact) mass is 262 g/mol. The minimum atomic E-state index is -0.685. The van der Waals surface area contributed by atoms with Crippen molar-refractivity contribution in [2.45, 2.75) is 19.4 Å². The second-order valence-corrected chi connectivity index (χ2v) is 4.11. The van der Waals surface area contributed by atoms with Gasteiger partial charge in [-0.1, -0.05) is 17.3 Å². The minimum Gasteiger partial charge on any atom is -0.467 e. The number of para-hydroxylation sites is 1. The maximum Gasteiger partial charge on any atom is 0.328 e. The van der Waals surface area contributed by atoms with Crippen LogP contribution in [0.1, 0.15) is 12.6 Å². The Morgan fingerprint density at radius 3 is 2.89 bits per heavy atom. The van der Waals surface area contributed by atoms with Crippen molar-refractivity contribution in [1.82, 2.24) is 10.5 Å². The van der Waals surface area contributed by atoms with Gasteiger partial charge in [0.15, 0.2) is 5.58 Å². The molecule has 0 aliphatic carbocycles. The molecule has 6 heteroatoms. The van der Waals surface area contributed by atoms with Gasteiger partial charge in [0, 0.05) is 5.39 Å². The topological polar surface area (TPSA) is 81.4 Å². The number of aromatic nitrogens is 1. The maximum atomic E-state index is 11.8. The smallest absolute Gasteiger partial charge is 0.328 e. The molecular weight excluding hydrogens is 248 g/mol.